The third kappa shape index (κ3) is 38.3. The fourth-order valence-electron chi connectivity index (χ4n) is 5.79. The molecule has 0 amide bonds. The fourth-order valence-corrected chi connectivity index (χ4v) is 6.52. The van der Waals surface area contributed by atoms with Crippen molar-refractivity contribution in [3.05, 3.63) is 97.2 Å². The van der Waals surface area contributed by atoms with Crippen LogP contribution in [0.1, 0.15) is 142 Å². The topological polar surface area (TPSA) is 124 Å². The van der Waals surface area contributed by atoms with Gasteiger partial charge in [-0.2, -0.15) is 0 Å². The van der Waals surface area contributed by atoms with Gasteiger partial charge in [0.25, 0.3) is 7.82 Å². The highest BCUT2D eigenvalue weighted by molar-refractivity contribution is 7.45. The van der Waals surface area contributed by atoms with E-state index in [4.69, 9.17) is 23.3 Å². The summed E-state index contributed by atoms with van der Waals surface area (Å²) >= 11 is 0. The van der Waals surface area contributed by atoms with Gasteiger partial charge in [0.2, 0.25) is 0 Å². The number of hydrogen-bond donors (Lipinski definition) is 0. The van der Waals surface area contributed by atoms with Crippen molar-refractivity contribution in [2.24, 2.45) is 0 Å². The van der Waals surface area contributed by atoms with Crippen LogP contribution >= 0.6 is 7.82 Å². The third-order valence-corrected chi connectivity index (χ3v) is 10.5. The highest BCUT2D eigenvalue weighted by atomic mass is 31.2. The maximum absolute atomic E-state index is 12.7. The lowest BCUT2D eigenvalue weighted by Gasteiger charge is -2.28. The average Bonchev–Trinajstić information content (AvgIpc) is 3.97. The number of allylic oxidation sites excluding steroid dienone is 14. The van der Waals surface area contributed by atoms with Crippen LogP contribution in [0.15, 0.2) is 97.2 Å². The van der Waals surface area contributed by atoms with Crippen LogP contribution in [0.25, 0.3) is 0 Å². The Kier molecular flexibility index (Phi) is 34.3. The molecular formula is C50H82NO9P. The van der Waals surface area contributed by atoms with Crippen molar-refractivity contribution in [1.82, 2.24) is 0 Å². The number of rotatable bonds is 39. The zero-order valence-corrected chi connectivity index (χ0v) is 39.4. The lowest BCUT2D eigenvalue weighted by atomic mass is 10.1. The van der Waals surface area contributed by atoms with E-state index in [0.29, 0.717) is 36.1 Å². The number of unbranched alkanes of at least 4 members (excludes halogenated alkanes) is 7. The average molecular weight is 872 g/mol. The van der Waals surface area contributed by atoms with E-state index < -0.39 is 32.5 Å². The molecule has 0 aromatic heterocycles. The molecule has 0 spiro atoms. The summed E-state index contributed by atoms with van der Waals surface area (Å²) in [7, 11) is 1.07. The van der Waals surface area contributed by atoms with E-state index in [1.165, 1.54) is 38.5 Å². The Morgan fingerprint density at radius 3 is 1.69 bits per heavy atom. The highest BCUT2D eigenvalue weighted by Crippen LogP contribution is 2.38. The Bertz CT molecular complexity index is 1420. The van der Waals surface area contributed by atoms with Crippen LogP contribution in [0.2, 0.25) is 0 Å². The lowest BCUT2D eigenvalue weighted by Crippen LogP contribution is -2.37. The summed E-state index contributed by atoms with van der Waals surface area (Å²) in [6.45, 7) is 3.93. The van der Waals surface area contributed by atoms with Crippen LogP contribution < -0.4 is 4.89 Å². The largest absolute Gasteiger partial charge is 0.756 e. The molecule has 0 aliphatic carbocycles. The summed E-state index contributed by atoms with van der Waals surface area (Å²) in [5.74, 6) is -1.01. The van der Waals surface area contributed by atoms with Gasteiger partial charge in [-0.1, -0.05) is 143 Å². The van der Waals surface area contributed by atoms with Crippen molar-refractivity contribution in [2.45, 2.75) is 161 Å². The first-order valence-corrected chi connectivity index (χ1v) is 24.5. The van der Waals surface area contributed by atoms with Gasteiger partial charge in [0.1, 0.15) is 19.8 Å². The van der Waals surface area contributed by atoms with Crippen LogP contribution in [0.3, 0.4) is 0 Å². The molecule has 0 radical (unpaired) electrons. The summed E-state index contributed by atoms with van der Waals surface area (Å²) in [5.41, 5.74) is 0. The predicted octanol–water partition coefficient (Wildman–Crippen LogP) is 11.7. The van der Waals surface area contributed by atoms with Gasteiger partial charge in [0.05, 0.1) is 40.0 Å². The molecule has 3 unspecified atom stereocenters. The number of phosphoric acid groups is 1. The van der Waals surface area contributed by atoms with E-state index in [0.717, 1.165) is 64.2 Å². The van der Waals surface area contributed by atoms with Crippen LogP contribution in [-0.4, -0.2) is 82.2 Å². The quantitative estimate of drug-likeness (QED) is 0.0148. The summed E-state index contributed by atoms with van der Waals surface area (Å²) in [5, 5.41) is 0. The zero-order valence-electron chi connectivity index (χ0n) is 38.5. The number of carbonyl (C=O) groups excluding carboxylic acids is 2. The van der Waals surface area contributed by atoms with Gasteiger partial charge < -0.3 is 32.6 Å². The van der Waals surface area contributed by atoms with Crippen molar-refractivity contribution in [2.75, 3.05) is 47.5 Å². The van der Waals surface area contributed by atoms with Gasteiger partial charge in [-0.15, -0.1) is 0 Å². The van der Waals surface area contributed by atoms with Crippen LogP contribution in [-0.2, 0) is 37.4 Å². The number of likely N-dealkylation sites (N-methyl/N-ethyl adjacent to an activating group) is 1. The second kappa shape index (κ2) is 37.4. The molecule has 4 atom stereocenters. The third-order valence-electron chi connectivity index (χ3n) is 9.50. The molecule has 0 aromatic rings. The standard InChI is InChI=1S/C50H82NO9P/c1-6-8-10-11-12-13-14-15-16-17-18-19-23-26-29-32-36-40-49(52)56-44-46(45-58-61(54,55)57-43-42-51(3,4)5)59-50(53)41-37-33-30-27-24-21-20-22-25-28-31-35-39-48-47(60-48)38-34-9-7-2/h9,15-16,18-19,21-22,24-26,29-31,33-35,46-48H,6-8,10-14,17,20,23,27-28,32,36-45H2,1-5H3/b16-15-,19-18-,24-21-,25-22-,29-26-,33-30-,34-9-,35-31-/t46-,47?,48?/m1/s1. The SMILES string of the molecule is CC/C=C\CC1OC1C/C=C\C/C=C\C/C=C\C/C=C\CCC(=O)O[C@H](COC(=O)CCC/C=C\C/C=C\C/C=C\CCCCCCCC)COP(=O)([O-])OCC[N+](C)(C)C. The lowest BCUT2D eigenvalue weighted by molar-refractivity contribution is -0.870. The summed E-state index contributed by atoms with van der Waals surface area (Å²) in [6.07, 6.45) is 52.2. The van der Waals surface area contributed by atoms with Gasteiger partial charge in [0.15, 0.2) is 6.10 Å². The minimum absolute atomic E-state index is 0.0595. The normalized spacial score (nSPS) is 17.7. The van der Waals surface area contributed by atoms with Crippen molar-refractivity contribution in [3.8, 4) is 0 Å². The summed E-state index contributed by atoms with van der Waals surface area (Å²) < 4.78 is 39.5. The Hall–Kier alpha value is -3.11. The molecule has 1 fully saturated rings. The van der Waals surface area contributed by atoms with E-state index in [9.17, 15) is 19.0 Å². The Morgan fingerprint density at radius 1 is 0.607 bits per heavy atom. The van der Waals surface area contributed by atoms with Crippen LogP contribution in [0.4, 0.5) is 0 Å². The van der Waals surface area contributed by atoms with Gasteiger partial charge in [-0.3, -0.25) is 14.2 Å². The van der Waals surface area contributed by atoms with E-state index in [2.05, 4.69) is 92.8 Å². The maximum atomic E-state index is 12.7. The maximum Gasteiger partial charge on any atom is 0.306 e. The highest BCUT2D eigenvalue weighted by Gasteiger charge is 2.36. The zero-order chi connectivity index (χ0) is 44.7. The number of esters is 2. The van der Waals surface area contributed by atoms with Crippen LogP contribution in [0, 0.1) is 0 Å². The molecule has 0 bridgehead atoms. The number of epoxide rings is 1. The molecule has 1 rings (SSSR count). The fraction of sp³-hybridized carbons (Fsp3) is 0.640. The minimum atomic E-state index is -4.67. The molecular weight excluding hydrogens is 790 g/mol. The molecule has 1 heterocycles. The predicted molar refractivity (Wildman–Crippen MR) is 249 cm³/mol. The molecule has 1 aliphatic rings. The number of ether oxygens (including phenoxy) is 3. The van der Waals surface area contributed by atoms with E-state index in [1.54, 1.807) is 0 Å². The number of nitrogens with zero attached hydrogens (tertiary/aromatic N) is 1. The van der Waals surface area contributed by atoms with E-state index in [1.807, 2.05) is 39.4 Å². The first-order chi connectivity index (χ1) is 29.5. The molecule has 1 saturated heterocycles. The van der Waals surface area contributed by atoms with Gasteiger partial charge in [-0.25, -0.2) is 0 Å². The van der Waals surface area contributed by atoms with E-state index in [-0.39, 0.29) is 26.1 Å². The smallest absolute Gasteiger partial charge is 0.306 e. The Morgan fingerprint density at radius 2 is 1.11 bits per heavy atom. The second-order valence-electron chi connectivity index (χ2n) is 16.4. The second-order valence-corrected chi connectivity index (χ2v) is 17.8. The number of quaternary nitrogens is 1. The van der Waals surface area contributed by atoms with E-state index >= 15 is 0 Å². The summed E-state index contributed by atoms with van der Waals surface area (Å²) in [6, 6.07) is 0. The van der Waals surface area contributed by atoms with Gasteiger partial charge in [-0.05, 0) is 83.5 Å². The molecule has 11 heteroatoms. The number of carbonyl (C=O) groups is 2. The van der Waals surface area contributed by atoms with Crippen molar-refractivity contribution in [3.63, 3.8) is 0 Å². The van der Waals surface area contributed by atoms with Gasteiger partial charge >= 0.3 is 11.9 Å². The van der Waals surface area contributed by atoms with Crippen molar-refractivity contribution in [1.29, 1.82) is 0 Å². The first-order valence-electron chi connectivity index (χ1n) is 23.1. The molecule has 346 valence electrons. The monoisotopic (exact) mass is 872 g/mol. The minimum Gasteiger partial charge on any atom is -0.756 e. The first kappa shape index (κ1) is 55.9. The Labute approximate surface area is 370 Å². The number of hydrogen-bond acceptors (Lipinski definition) is 9. The van der Waals surface area contributed by atoms with Crippen molar-refractivity contribution >= 4 is 19.8 Å². The molecule has 0 aromatic carbocycles. The molecule has 0 saturated carbocycles. The summed E-state index contributed by atoms with van der Waals surface area (Å²) in [4.78, 5) is 37.5. The molecule has 10 nitrogen and oxygen atoms in total. The van der Waals surface area contributed by atoms with Crippen molar-refractivity contribution < 1.29 is 46.8 Å². The number of phosphoric ester groups is 1. The van der Waals surface area contributed by atoms with Crippen LogP contribution in [0.5, 0.6) is 0 Å². The molecule has 1 aliphatic heterocycles. The molecule has 0 N–H and O–H groups in total. The van der Waals surface area contributed by atoms with Gasteiger partial charge in [0, 0.05) is 12.8 Å². The molecule has 61 heavy (non-hydrogen) atoms. The Balaban J connectivity index is 2.36.